The minimum atomic E-state index is -0.385. The molecule has 0 fully saturated rings. The first-order chi connectivity index (χ1) is 14.1. The Morgan fingerprint density at radius 1 is 0.931 bits per heavy atom. The molecule has 1 heterocycles. The van der Waals surface area contributed by atoms with E-state index in [2.05, 4.69) is 36.5 Å². The third kappa shape index (κ3) is 3.51. The lowest BCUT2D eigenvalue weighted by molar-refractivity contribution is 0.0664. The van der Waals surface area contributed by atoms with E-state index in [4.69, 9.17) is 9.47 Å². The van der Waals surface area contributed by atoms with Gasteiger partial charge >= 0.3 is 0 Å². The molecule has 0 spiro atoms. The summed E-state index contributed by atoms with van der Waals surface area (Å²) in [6.45, 7) is 2.53. The summed E-state index contributed by atoms with van der Waals surface area (Å²) in [7, 11) is 3.23. The van der Waals surface area contributed by atoms with Crippen molar-refractivity contribution in [3.8, 4) is 11.5 Å². The van der Waals surface area contributed by atoms with E-state index >= 15 is 0 Å². The quantitative estimate of drug-likeness (QED) is 0.683. The van der Waals surface area contributed by atoms with Crippen LogP contribution in [-0.2, 0) is 6.54 Å². The average molecular weight is 388 g/mol. The first-order valence-electron chi connectivity index (χ1n) is 9.55. The zero-order chi connectivity index (χ0) is 20.4. The van der Waals surface area contributed by atoms with Crippen LogP contribution in [0.2, 0.25) is 0 Å². The number of methoxy groups -OCH3 is 2. The molecule has 1 atom stereocenters. The Labute approximate surface area is 170 Å². The molecule has 1 aliphatic rings. The van der Waals surface area contributed by atoms with Crippen LogP contribution in [0.1, 0.15) is 33.2 Å². The average Bonchev–Trinajstić information content (AvgIpc) is 2.76. The predicted molar refractivity (Wildman–Crippen MR) is 113 cm³/mol. The molecule has 0 saturated heterocycles. The summed E-state index contributed by atoms with van der Waals surface area (Å²) < 4.78 is 11.1. The highest BCUT2D eigenvalue weighted by Gasteiger charge is 2.35. The summed E-state index contributed by atoms with van der Waals surface area (Å²) in [5.74, 6) is 1.23. The highest BCUT2D eigenvalue weighted by Crippen LogP contribution is 2.41. The van der Waals surface area contributed by atoms with Crippen LogP contribution < -0.4 is 14.8 Å². The van der Waals surface area contributed by atoms with E-state index in [1.54, 1.807) is 14.2 Å². The van der Waals surface area contributed by atoms with Crippen LogP contribution in [0, 0.1) is 6.92 Å². The van der Waals surface area contributed by atoms with Gasteiger partial charge in [0.05, 0.1) is 19.8 Å². The summed E-state index contributed by atoms with van der Waals surface area (Å²) in [4.78, 5) is 15.3. The maximum absolute atomic E-state index is 13.4. The van der Waals surface area contributed by atoms with Crippen molar-refractivity contribution in [2.45, 2.75) is 19.6 Å². The second kappa shape index (κ2) is 7.87. The fourth-order valence-electron chi connectivity index (χ4n) is 3.72. The normalized spacial score (nSPS) is 15.5. The highest BCUT2D eigenvalue weighted by molar-refractivity contribution is 6.01. The smallest absolute Gasteiger partial charge is 0.258 e. The molecule has 0 aliphatic carbocycles. The maximum Gasteiger partial charge on any atom is 0.258 e. The lowest BCUT2D eigenvalue weighted by Gasteiger charge is -2.38. The first-order valence-corrected chi connectivity index (χ1v) is 9.55. The lowest BCUT2D eigenvalue weighted by atomic mass is 10.0. The Morgan fingerprint density at radius 2 is 1.69 bits per heavy atom. The van der Waals surface area contributed by atoms with Crippen molar-refractivity contribution >= 4 is 11.6 Å². The number of aryl methyl sites for hydroxylation is 1. The Kier molecular flexibility index (Phi) is 5.12. The molecule has 1 N–H and O–H groups in total. The number of anilines is 1. The van der Waals surface area contributed by atoms with Gasteiger partial charge in [-0.2, -0.15) is 0 Å². The molecule has 1 aliphatic heterocycles. The molecular formula is C24H24N2O3. The van der Waals surface area contributed by atoms with E-state index in [9.17, 15) is 4.79 Å². The van der Waals surface area contributed by atoms with E-state index in [0.717, 1.165) is 16.8 Å². The number of hydrogen-bond acceptors (Lipinski definition) is 4. The van der Waals surface area contributed by atoms with E-state index in [-0.39, 0.29) is 12.1 Å². The number of rotatable bonds is 5. The monoisotopic (exact) mass is 388 g/mol. The zero-order valence-electron chi connectivity index (χ0n) is 16.8. The molecule has 148 valence electrons. The third-order valence-electron chi connectivity index (χ3n) is 5.22. The standard InChI is InChI=1S/C24H24N2O3/c1-16-11-13-17(14-12-16)15-26-23(19-8-6-10-21(28-2)22(19)29-3)25-20-9-5-4-7-18(20)24(26)27/h4-14,23,25H,15H2,1-3H3/t23-/m0/s1. The molecule has 3 aromatic rings. The van der Waals surface area contributed by atoms with Crippen molar-refractivity contribution in [3.63, 3.8) is 0 Å². The topological polar surface area (TPSA) is 50.8 Å². The van der Waals surface area contributed by atoms with Gasteiger partial charge in [0.2, 0.25) is 0 Å². The van der Waals surface area contributed by atoms with Gasteiger partial charge in [0.1, 0.15) is 6.17 Å². The van der Waals surface area contributed by atoms with Gasteiger partial charge in [0.25, 0.3) is 5.91 Å². The number of fused-ring (bicyclic) bond motifs is 1. The number of amides is 1. The summed E-state index contributed by atoms with van der Waals surface area (Å²) in [5, 5.41) is 3.52. The van der Waals surface area contributed by atoms with E-state index in [0.29, 0.717) is 23.6 Å². The fraction of sp³-hybridized carbons (Fsp3) is 0.208. The number of nitrogens with zero attached hydrogens (tertiary/aromatic N) is 1. The second-order valence-electron chi connectivity index (χ2n) is 7.09. The summed E-state index contributed by atoms with van der Waals surface area (Å²) in [6, 6.07) is 21.6. The van der Waals surface area contributed by atoms with Crippen LogP contribution in [0.4, 0.5) is 5.69 Å². The predicted octanol–water partition coefficient (Wildman–Crippen LogP) is 4.78. The Balaban J connectivity index is 1.81. The number of ether oxygens (including phenoxy) is 2. The Bertz CT molecular complexity index is 1030. The fourth-order valence-corrected chi connectivity index (χ4v) is 3.72. The molecule has 3 aromatic carbocycles. The van der Waals surface area contributed by atoms with E-state index in [1.807, 2.05) is 47.4 Å². The number of carbonyl (C=O) groups excluding carboxylic acids is 1. The molecule has 0 radical (unpaired) electrons. The Hall–Kier alpha value is -3.47. The van der Waals surface area contributed by atoms with Crippen LogP contribution in [0.25, 0.3) is 0 Å². The van der Waals surface area contributed by atoms with Gasteiger partial charge in [-0.15, -0.1) is 0 Å². The van der Waals surface area contributed by atoms with Gasteiger partial charge in [-0.05, 0) is 30.7 Å². The zero-order valence-corrected chi connectivity index (χ0v) is 16.8. The first kappa shape index (κ1) is 18.9. The van der Waals surface area contributed by atoms with Crippen LogP contribution >= 0.6 is 0 Å². The number of para-hydroxylation sites is 2. The summed E-state index contributed by atoms with van der Waals surface area (Å²) >= 11 is 0. The van der Waals surface area contributed by atoms with Crippen molar-refractivity contribution in [2.24, 2.45) is 0 Å². The molecule has 1 amide bonds. The molecule has 4 rings (SSSR count). The third-order valence-corrected chi connectivity index (χ3v) is 5.22. The Morgan fingerprint density at radius 3 is 2.41 bits per heavy atom. The molecule has 0 bridgehead atoms. The van der Waals surface area contributed by atoms with Gasteiger partial charge in [0.15, 0.2) is 11.5 Å². The van der Waals surface area contributed by atoms with Crippen LogP contribution in [0.15, 0.2) is 66.7 Å². The highest BCUT2D eigenvalue weighted by atomic mass is 16.5. The summed E-state index contributed by atoms with van der Waals surface area (Å²) in [5.41, 5.74) is 4.58. The van der Waals surface area contributed by atoms with Gasteiger partial charge in [-0.1, -0.05) is 54.1 Å². The minimum absolute atomic E-state index is 0.0187. The van der Waals surface area contributed by atoms with Gasteiger partial charge in [-0.3, -0.25) is 4.79 Å². The van der Waals surface area contributed by atoms with Crippen molar-refractivity contribution in [1.82, 2.24) is 4.90 Å². The molecule has 0 aromatic heterocycles. The maximum atomic E-state index is 13.4. The largest absolute Gasteiger partial charge is 0.493 e. The number of carbonyl (C=O) groups is 1. The van der Waals surface area contributed by atoms with Crippen molar-refractivity contribution in [1.29, 1.82) is 0 Å². The van der Waals surface area contributed by atoms with Crippen molar-refractivity contribution in [2.75, 3.05) is 19.5 Å². The molecular weight excluding hydrogens is 364 g/mol. The molecule has 5 nitrogen and oxygen atoms in total. The minimum Gasteiger partial charge on any atom is -0.493 e. The van der Waals surface area contributed by atoms with Gasteiger partial charge < -0.3 is 19.7 Å². The number of hydrogen-bond donors (Lipinski definition) is 1. The van der Waals surface area contributed by atoms with Gasteiger partial charge in [0, 0.05) is 17.8 Å². The molecule has 5 heteroatoms. The van der Waals surface area contributed by atoms with E-state index < -0.39 is 0 Å². The lowest BCUT2D eigenvalue weighted by Crippen LogP contribution is -2.42. The second-order valence-corrected chi connectivity index (χ2v) is 7.09. The number of nitrogens with one attached hydrogen (secondary N) is 1. The van der Waals surface area contributed by atoms with Crippen molar-refractivity contribution < 1.29 is 14.3 Å². The van der Waals surface area contributed by atoms with Crippen molar-refractivity contribution in [3.05, 3.63) is 89.0 Å². The molecule has 0 unspecified atom stereocenters. The van der Waals surface area contributed by atoms with Crippen LogP contribution in [0.3, 0.4) is 0 Å². The summed E-state index contributed by atoms with van der Waals surface area (Å²) in [6.07, 6.45) is -0.385. The van der Waals surface area contributed by atoms with Crippen LogP contribution in [0.5, 0.6) is 11.5 Å². The molecule has 0 saturated carbocycles. The van der Waals surface area contributed by atoms with E-state index in [1.165, 1.54) is 5.56 Å². The SMILES string of the molecule is COc1cccc([C@H]2Nc3ccccc3C(=O)N2Cc2ccc(C)cc2)c1OC. The number of benzene rings is 3. The van der Waals surface area contributed by atoms with Gasteiger partial charge in [-0.25, -0.2) is 0 Å². The molecule has 29 heavy (non-hydrogen) atoms. The van der Waals surface area contributed by atoms with Crippen LogP contribution in [-0.4, -0.2) is 25.0 Å².